The smallest absolute Gasteiger partial charge is 0.0635 e. The van der Waals surface area contributed by atoms with Crippen LogP contribution < -0.4 is 10.6 Å². The molecule has 1 aliphatic heterocycles. The summed E-state index contributed by atoms with van der Waals surface area (Å²) in [7, 11) is 0. The van der Waals surface area contributed by atoms with E-state index in [9.17, 15) is 5.11 Å². The van der Waals surface area contributed by atoms with Crippen molar-refractivity contribution in [2.75, 3.05) is 18.1 Å². The monoisotopic (exact) mass is 326 g/mol. The van der Waals surface area contributed by atoms with Crippen molar-refractivity contribution < 1.29 is 5.11 Å². The van der Waals surface area contributed by atoms with Crippen LogP contribution in [0.4, 0.5) is 5.69 Å². The second-order valence-electron chi connectivity index (χ2n) is 5.38. The summed E-state index contributed by atoms with van der Waals surface area (Å²) in [5.41, 5.74) is 8.22. The Morgan fingerprint density at radius 1 is 1.42 bits per heavy atom. The van der Waals surface area contributed by atoms with Crippen LogP contribution in [0.5, 0.6) is 0 Å². The Balaban J connectivity index is 2.28. The Hall–Kier alpha value is -0.580. The van der Waals surface area contributed by atoms with Gasteiger partial charge in [-0.1, -0.05) is 18.9 Å². The number of aliphatic hydroxyl groups is 1. The maximum absolute atomic E-state index is 9.60. The molecule has 1 aliphatic rings. The van der Waals surface area contributed by atoms with Gasteiger partial charge in [-0.25, -0.2) is 0 Å². The summed E-state index contributed by atoms with van der Waals surface area (Å²) < 4.78 is 1.07. The minimum Gasteiger partial charge on any atom is -0.394 e. The molecule has 0 aliphatic carbocycles. The van der Waals surface area contributed by atoms with E-state index >= 15 is 0 Å². The van der Waals surface area contributed by atoms with Crippen LogP contribution in [0.25, 0.3) is 0 Å². The summed E-state index contributed by atoms with van der Waals surface area (Å²) in [4.78, 5) is 2.34. The van der Waals surface area contributed by atoms with E-state index in [1.165, 1.54) is 24.9 Å². The maximum Gasteiger partial charge on any atom is 0.0635 e. The van der Waals surface area contributed by atoms with Gasteiger partial charge in [0.15, 0.2) is 0 Å². The van der Waals surface area contributed by atoms with Crippen LogP contribution in [0.3, 0.4) is 0 Å². The lowest BCUT2D eigenvalue weighted by Crippen LogP contribution is -2.37. The van der Waals surface area contributed by atoms with Crippen molar-refractivity contribution in [1.82, 2.24) is 0 Å². The third-order valence-corrected chi connectivity index (χ3v) is 4.53. The number of aliphatic hydroxyl groups excluding tert-OH is 1. The SMILES string of the molecule is C[C@H](N)c1ccc(N2CCCCCC2CO)c(Br)c1. The Kier molecular flexibility index (Phi) is 5.25. The first-order chi connectivity index (χ1) is 9.13. The zero-order valence-corrected chi connectivity index (χ0v) is 13.1. The van der Waals surface area contributed by atoms with Crippen LogP contribution in [-0.4, -0.2) is 24.3 Å². The normalized spacial score (nSPS) is 22.1. The minimum absolute atomic E-state index is 0.0446. The maximum atomic E-state index is 9.60. The van der Waals surface area contributed by atoms with E-state index in [2.05, 4.69) is 39.0 Å². The van der Waals surface area contributed by atoms with Crippen LogP contribution >= 0.6 is 15.9 Å². The molecule has 3 N–H and O–H groups in total. The Morgan fingerprint density at radius 2 is 2.21 bits per heavy atom. The Labute approximate surface area is 123 Å². The van der Waals surface area contributed by atoms with E-state index in [1.54, 1.807) is 0 Å². The van der Waals surface area contributed by atoms with Crippen LogP contribution in [-0.2, 0) is 0 Å². The van der Waals surface area contributed by atoms with Crippen LogP contribution in [0.15, 0.2) is 22.7 Å². The molecule has 0 radical (unpaired) electrons. The predicted octanol–water partition coefficient (Wildman–Crippen LogP) is 3.21. The van der Waals surface area contributed by atoms with E-state index in [0.717, 1.165) is 23.0 Å². The molecule has 4 heteroatoms. The summed E-state index contributed by atoms with van der Waals surface area (Å²) in [6.45, 7) is 3.23. The lowest BCUT2D eigenvalue weighted by molar-refractivity contribution is 0.255. The van der Waals surface area contributed by atoms with Crippen molar-refractivity contribution in [3.8, 4) is 0 Å². The number of rotatable bonds is 3. The number of halogens is 1. The first kappa shape index (κ1) is 14.8. The molecule has 0 aromatic heterocycles. The van der Waals surface area contributed by atoms with Gasteiger partial charge in [-0.05, 0) is 53.4 Å². The number of hydrogen-bond donors (Lipinski definition) is 2. The highest BCUT2D eigenvalue weighted by Crippen LogP contribution is 2.32. The van der Waals surface area contributed by atoms with E-state index in [1.807, 2.05) is 6.92 Å². The summed E-state index contributed by atoms with van der Waals surface area (Å²) in [6.07, 6.45) is 4.72. The van der Waals surface area contributed by atoms with Gasteiger partial charge in [0.25, 0.3) is 0 Å². The topological polar surface area (TPSA) is 49.5 Å². The molecule has 1 unspecified atom stereocenters. The number of nitrogens with two attached hydrogens (primary N) is 1. The number of benzene rings is 1. The molecule has 1 aromatic rings. The van der Waals surface area contributed by atoms with Crippen molar-refractivity contribution >= 4 is 21.6 Å². The first-order valence-corrected chi connectivity index (χ1v) is 7.85. The molecule has 1 aromatic carbocycles. The quantitative estimate of drug-likeness (QED) is 0.896. The molecular weight excluding hydrogens is 304 g/mol. The second-order valence-corrected chi connectivity index (χ2v) is 6.23. The van der Waals surface area contributed by atoms with Crippen molar-refractivity contribution in [2.45, 2.75) is 44.7 Å². The van der Waals surface area contributed by atoms with Gasteiger partial charge in [0.05, 0.1) is 18.3 Å². The molecule has 19 heavy (non-hydrogen) atoms. The Bertz CT molecular complexity index is 423. The van der Waals surface area contributed by atoms with Gasteiger partial charge in [0.1, 0.15) is 0 Å². The van der Waals surface area contributed by atoms with E-state index in [-0.39, 0.29) is 18.7 Å². The molecule has 0 amide bonds. The van der Waals surface area contributed by atoms with Gasteiger partial charge in [-0.15, -0.1) is 0 Å². The zero-order valence-electron chi connectivity index (χ0n) is 11.5. The summed E-state index contributed by atoms with van der Waals surface area (Å²) >= 11 is 3.65. The van der Waals surface area contributed by atoms with Crippen molar-refractivity contribution in [3.63, 3.8) is 0 Å². The highest BCUT2D eigenvalue weighted by Gasteiger charge is 2.22. The number of anilines is 1. The fourth-order valence-electron chi connectivity index (χ4n) is 2.72. The summed E-state index contributed by atoms with van der Waals surface area (Å²) in [6, 6.07) is 6.59. The van der Waals surface area contributed by atoms with Crippen molar-refractivity contribution in [3.05, 3.63) is 28.2 Å². The highest BCUT2D eigenvalue weighted by atomic mass is 79.9. The van der Waals surface area contributed by atoms with Crippen molar-refractivity contribution in [1.29, 1.82) is 0 Å². The number of hydrogen-bond acceptors (Lipinski definition) is 3. The third kappa shape index (κ3) is 3.50. The molecule has 0 spiro atoms. The fourth-order valence-corrected chi connectivity index (χ4v) is 3.35. The molecule has 2 rings (SSSR count). The molecular formula is C15H23BrN2O. The first-order valence-electron chi connectivity index (χ1n) is 7.06. The molecule has 0 saturated carbocycles. The van der Waals surface area contributed by atoms with Gasteiger partial charge in [-0.3, -0.25) is 0 Å². The standard InChI is InChI=1S/C15H23BrN2O/c1-11(17)12-6-7-15(14(16)9-12)18-8-4-2-3-5-13(18)10-19/h6-7,9,11,13,19H,2-5,8,10,17H2,1H3/t11-,13?/m0/s1. The average Bonchev–Trinajstić information content (AvgIpc) is 2.63. The van der Waals surface area contributed by atoms with Crippen LogP contribution in [0.2, 0.25) is 0 Å². The fraction of sp³-hybridized carbons (Fsp3) is 0.600. The average molecular weight is 327 g/mol. The lowest BCUT2D eigenvalue weighted by Gasteiger charge is -2.32. The Morgan fingerprint density at radius 3 is 2.84 bits per heavy atom. The molecule has 0 bridgehead atoms. The number of nitrogens with zero attached hydrogens (tertiary/aromatic N) is 1. The highest BCUT2D eigenvalue weighted by molar-refractivity contribution is 9.10. The summed E-state index contributed by atoms with van der Waals surface area (Å²) in [5, 5.41) is 9.60. The van der Waals surface area contributed by atoms with Gasteiger partial charge in [0, 0.05) is 17.1 Å². The molecule has 1 saturated heterocycles. The van der Waals surface area contributed by atoms with E-state index in [0.29, 0.717) is 0 Å². The second kappa shape index (κ2) is 6.73. The lowest BCUT2D eigenvalue weighted by atomic mass is 10.1. The molecule has 106 valence electrons. The van der Waals surface area contributed by atoms with Crippen molar-refractivity contribution in [2.24, 2.45) is 5.73 Å². The predicted molar refractivity (Wildman–Crippen MR) is 83.4 cm³/mol. The molecule has 1 fully saturated rings. The van der Waals surface area contributed by atoms with Crippen LogP contribution in [0.1, 0.15) is 44.2 Å². The minimum atomic E-state index is 0.0446. The van der Waals surface area contributed by atoms with E-state index < -0.39 is 0 Å². The van der Waals surface area contributed by atoms with Gasteiger partial charge in [-0.2, -0.15) is 0 Å². The molecule has 1 heterocycles. The zero-order chi connectivity index (χ0) is 13.8. The van der Waals surface area contributed by atoms with Gasteiger partial charge in [0.2, 0.25) is 0 Å². The third-order valence-electron chi connectivity index (χ3n) is 3.89. The molecule has 2 atom stereocenters. The van der Waals surface area contributed by atoms with Gasteiger partial charge < -0.3 is 15.7 Å². The largest absolute Gasteiger partial charge is 0.394 e. The summed E-state index contributed by atoms with van der Waals surface area (Å²) in [5.74, 6) is 0. The van der Waals surface area contributed by atoms with Gasteiger partial charge >= 0.3 is 0 Å². The van der Waals surface area contributed by atoms with E-state index in [4.69, 9.17) is 5.73 Å². The van der Waals surface area contributed by atoms with Crippen LogP contribution in [0, 0.1) is 0 Å². The molecule has 3 nitrogen and oxygen atoms in total.